The van der Waals surface area contributed by atoms with Crippen LogP contribution in [0.25, 0.3) is 11.1 Å². The van der Waals surface area contributed by atoms with Crippen molar-refractivity contribution >= 4 is 5.97 Å². The number of benzene rings is 2. The third kappa shape index (κ3) is 2.50. The van der Waals surface area contributed by atoms with Crippen molar-refractivity contribution in [1.29, 1.82) is 0 Å². The van der Waals surface area contributed by atoms with Crippen LogP contribution in [0.3, 0.4) is 0 Å². The summed E-state index contributed by atoms with van der Waals surface area (Å²) in [4.78, 5) is 11.2. The molecule has 0 N–H and O–H groups in total. The molecule has 0 bridgehead atoms. The molecular formula is C14H11FO2. The Morgan fingerprint density at radius 3 is 1.88 bits per heavy atom. The first-order chi connectivity index (χ1) is 8.20. The monoisotopic (exact) mass is 230 g/mol. The van der Waals surface area contributed by atoms with Crippen molar-refractivity contribution in [2.24, 2.45) is 0 Å². The van der Waals surface area contributed by atoms with E-state index in [-0.39, 0.29) is 11.8 Å². The molecule has 0 spiro atoms. The van der Waals surface area contributed by atoms with Gasteiger partial charge in [-0.2, -0.15) is 0 Å². The van der Waals surface area contributed by atoms with Gasteiger partial charge in [0.2, 0.25) is 0 Å². The second-order valence-corrected chi connectivity index (χ2v) is 3.58. The van der Waals surface area contributed by atoms with Crippen LogP contribution in [-0.2, 0) is 4.74 Å². The molecule has 0 aromatic heterocycles. The van der Waals surface area contributed by atoms with Gasteiger partial charge in [0, 0.05) is 0 Å². The molecule has 0 aliphatic heterocycles. The fraction of sp³-hybridized carbons (Fsp3) is 0.0714. The highest BCUT2D eigenvalue weighted by Gasteiger charge is 2.05. The summed E-state index contributed by atoms with van der Waals surface area (Å²) in [7, 11) is 1.34. The van der Waals surface area contributed by atoms with Gasteiger partial charge in [-0.05, 0) is 35.4 Å². The second-order valence-electron chi connectivity index (χ2n) is 3.58. The summed E-state index contributed by atoms with van der Waals surface area (Å²) in [6.45, 7) is 0. The average Bonchev–Trinajstić information content (AvgIpc) is 2.39. The number of hydrogen-bond acceptors (Lipinski definition) is 2. The topological polar surface area (TPSA) is 26.3 Å². The molecule has 0 atom stereocenters. The smallest absolute Gasteiger partial charge is 0.337 e. The van der Waals surface area contributed by atoms with Gasteiger partial charge >= 0.3 is 5.97 Å². The van der Waals surface area contributed by atoms with Crippen LogP contribution in [0, 0.1) is 5.82 Å². The van der Waals surface area contributed by atoms with Gasteiger partial charge in [-0.25, -0.2) is 9.18 Å². The highest BCUT2D eigenvalue weighted by molar-refractivity contribution is 5.89. The molecule has 0 radical (unpaired) electrons. The van der Waals surface area contributed by atoms with Crippen molar-refractivity contribution in [1.82, 2.24) is 0 Å². The third-order valence-corrected chi connectivity index (χ3v) is 2.48. The zero-order valence-electron chi connectivity index (χ0n) is 9.31. The lowest BCUT2D eigenvalue weighted by molar-refractivity contribution is 0.0601. The van der Waals surface area contributed by atoms with Gasteiger partial charge in [0.05, 0.1) is 12.7 Å². The van der Waals surface area contributed by atoms with Gasteiger partial charge in [0.1, 0.15) is 5.82 Å². The summed E-state index contributed by atoms with van der Waals surface area (Å²) in [5.74, 6) is -0.629. The van der Waals surface area contributed by atoms with Crippen molar-refractivity contribution in [3.63, 3.8) is 0 Å². The standard InChI is InChI=1S/C14H11FO2/c1-17-14(16)12-4-2-10(3-5-12)11-6-8-13(15)9-7-11/h2-9H,1H3. The number of halogens is 1. The number of carbonyl (C=O) groups excluding carboxylic acids is 1. The fourth-order valence-electron chi connectivity index (χ4n) is 1.56. The summed E-state index contributed by atoms with van der Waals surface area (Å²) in [5, 5.41) is 0. The highest BCUT2D eigenvalue weighted by Crippen LogP contribution is 2.20. The number of hydrogen-bond donors (Lipinski definition) is 0. The van der Waals surface area contributed by atoms with E-state index in [9.17, 15) is 9.18 Å². The highest BCUT2D eigenvalue weighted by atomic mass is 19.1. The Kier molecular flexibility index (Phi) is 3.19. The molecule has 3 heteroatoms. The zero-order valence-corrected chi connectivity index (χ0v) is 9.31. The van der Waals surface area contributed by atoms with Crippen LogP contribution in [-0.4, -0.2) is 13.1 Å². The Hall–Kier alpha value is -2.16. The van der Waals surface area contributed by atoms with Crippen molar-refractivity contribution in [2.75, 3.05) is 7.11 Å². The van der Waals surface area contributed by atoms with Crippen LogP contribution in [0.1, 0.15) is 10.4 Å². The molecule has 86 valence electrons. The largest absolute Gasteiger partial charge is 0.465 e. The number of carbonyl (C=O) groups is 1. The molecule has 0 amide bonds. The van der Waals surface area contributed by atoms with E-state index < -0.39 is 0 Å². The van der Waals surface area contributed by atoms with Crippen LogP contribution in [0.4, 0.5) is 4.39 Å². The van der Waals surface area contributed by atoms with Crippen LogP contribution in [0.2, 0.25) is 0 Å². The summed E-state index contributed by atoms with van der Waals surface area (Å²) >= 11 is 0. The second kappa shape index (κ2) is 4.78. The minimum atomic E-state index is -0.365. The Morgan fingerprint density at radius 2 is 1.41 bits per heavy atom. The third-order valence-electron chi connectivity index (χ3n) is 2.48. The molecule has 0 saturated heterocycles. The van der Waals surface area contributed by atoms with Crippen LogP contribution >= 0.6 is 0 Å². The van der Waals surface area contributed by atoms with Gasteiger partial charge < -0.3 is 4.74 Å². The van der Waals surface area contributed by atoms with Crippen LogP contribution in [0.15, 0.2) is 48.5 Å². The predicted molar refractivity (Wildman–Crippen MR) is 63.2 cm³/mol. The van der Waals surface area contributed by atoms with E-state index in [4.69, 9.17) is 0 Å². The van der Waals surface area contributed by atoms with Crippen molar-refractivity contribution in [3.8, 4) is 11.1 Å². The van der Waals surface area contributed by atoms with Crippen molar-refractivity contribution in [2.45, 2.75) is 0 Å². The summed E-state index contributed by atoms with van der Waals surface area (Å²) in [6, 6.07) is 13.2. The first-order valence-electron chi connectivity index (χ1n) is 5.15. The molecule has 2 aromatic rings. The summed E-state index contributed by atoms with van der Waals surface area (Å²) in [6.07, 6.45) is 0. The predicted octanol–water partition coefficient (Wildman–Crippen LogP) is 3.28. The first kappa shape index (κ1) is 11.3. The number of rotatable bonds is 2. The zero-order chi connectivity index (χ0) is 12.3. The van der Waals surface area contributed by atoms with E-state index in [2.05, 4.69) is 4.74 Å². The molecule has 0 aliphatic carbocycles. The molecule has 0 fully saturated rings. The molecule has 2 rings (SSSR count). The van der Waals surface area contributed by atoms with E-state index in [1.807, 2.05) is 0 Å². The fourth-order valence-corrected chi connectivity index (χ4v) is 1.56. The summed E-state index contributed by atoms with van der Waals surface area (Å²) in [5.41, 5.74) is 2.33. The molecule has 17 heavy (non-hydrogen) atoms. The van der Waals surface area contributed by atoms with Crippen molar-refractivity contribution < 1.29 is 13.9 Å². The van der Waals surface area contributed by atoms with E-state index in [0.29, 0.717) is 5.56 Å². The molecule has 0 unspecified atom stereocenters. The lowest BCUT2D eigenvalue weighted by Gasteiger charge is -2.03. The SMILES string of the molecule is COC(=O)c1ccc(-c2ccc(F)cc2)cc1. The minimum Gasteiger partial charge on any atom is -0.465 e. The van der Waals surface area contributed by atoms with E-state index >= 15 is 0 Å². The molecule has 2 nitrogen and oxygen atoms in total. The van der Waals surface area contributed by atoms with Crippen LogP contribution in [0.5, 0.6) is 0 Å². The van der Waals surface area contributed by atoms with Gasteiger partial charge in [-0.3, -0.25) is 0 Å². The molecule has 0 heterocycles. The van der Waals surface area contributed by atoms with E-state index in [1.165, 1.54) is 19.2 Å². The maximum Gasteiger partial charge on any atom is 0.337 e. The molecule has 0 saturated carbocycles. The normalized spacial score (nSPS) is 10.0. The van der Waals surface area contributed by atoms with Gasteiger partial charge in [0.15, 0.2) is 0 Å². The average molecular weight is 230 g/mol. The van der Waals surface area contributed by atoms with Gasteiger partial charge in [-0.15, -0.1) is 0 Å². The van der Waals surface area contributed by atoms with E-state index in [0.717, 1.165) is 11.1 Å². The Balaban J connectivity index is 2.29. The Labute approximate surface area is 98.7 Å². The van der Waals surface area contributed by atoms with Gasteiger partial charge in [-0.1, -0.05) is 24.3 Å². The van der Waals surface area contributed by atoms with Crippen molar-refractivity contribution in [3.05, 3.63) is 59.9 Å². The minimum absolute atomic E-state index is 0.264. The van der Waals surface area contributed by atoms with E-state index in [1.54, 1.807) is 36.4 Å². The lowest BCUT2D eigenvalue weighted by atomic mass is 10.0. The molecule has 2 aromatic carbocycles. The maximum absolute atomic E-state index is 12.8. The Bertz CT molecular complexity index is 515. The maximum atomic E-state index is 12.8. The first-order valence-corrected chi connectivity index (χ1v) is 5.15. The summed E-state index contributed by atoms with van der Waals surface area (Å²) < 4.78 is 17.4. The molecule has 0 aliphatic rings. The number of esters is 1. The number of methoxy groups -OCH3 is 1. The Morgan fingerprint density at radius 1 is 0.941 bits per heavy atom. The lowest BCUT2D eigenvalue weighted by Crippen LogP contribution is -2.00. The van der Waals surface area contributed by atoms with Crippen LogP contribution < -0.4 is 0 Å². The molecular weight excluding hydrogens is 219 g/mol. The van der Waals surface area contributed by atoms with Gasteiger partial charge in [0.25, 0.3) is 0 Å². The quantitative estimate of drug-likeness (QED) is 0.740. The number of ether oxygens (including phenoxy) is 1.